The number of aliphatic hydroxyl groups excluding tert-OH is 1. The number of likely N-dealkylation sites (N-methyl/N-ethyl adjacent to an activating group) is 1. The first kappa shape index (κ1) is 58.7. The van der Waals surface area contributed by atoms with E-state index in [-0.39, 0.29) is 12.5 Å². The van der Waals surface area contributed by atoms with Crippen LogP contribution in [-0.4, -0.2) is 68.5 Å². The SMILES string of the molecule is CCCC/C=C\CCCCCCCC(=O)NC(COP(=O)([O-])OCC[N+](C)(C)C)C(O)/C=C/CC/C=C/CCCCCCCCCCCCCCCCCCCCCCC. The number of rotatable bonds is 46. The summed E-state index contributed by atoms with van der Waals surface area (Å²) < 4.78 is 23.2. The van der Waals surface area contributed by atoms with Crippen LogP contribution in [0.1, 0.15) is 232 Å². The highest BCUT2D eigenvalue weighted by Crippen LogP contribution is 2.38. The number of hydrogen-bond acceptors (Lipinski definition) is 6. The summed E-state index contributed by atoms with van der Waals surface area (Å²) in [6.45, 7) is 4.59. The van der Waals surface area contributed by atoms with E-state index in [4.69, 9.17) is 9.05 Å². The number of unbranched alkanes of at least 4 members (excludes halogenated alkanes) is 29. The molecule has 354 valence electrons. The van der Waals surface area contributed by atoms with Crippen LogP contribution in [-0.2, 0) is 18.4 Å². The normalized spacial score (nSPS) is 14.4. The number of allylic oxidation sites excluding steroid dienone is 5. The fraction of sp³-hybridized carbons (Fsp3) is 0.863. The number of nitrogens with zero attached hydrogens (tertiary/aromatic N) is 1. The van der Waals surface area contributed by atoms with Gasteiger partial charge in [-0.05, 0) is 51.4 Å². The van der Waals surface area contributed by atoms with Gasteiger partial charge in [0.2, 0.25) is 5.91 Å². The molecule has 0 aliphatic carbocycles. The summed E-state index contributed by atoms with van der Waals surface area (Å²) in [5.41, 5.74) is 0. The summed E-state index contributed by atoms with van der Waals surface area (Å²) in [5.74, 6) is -0.218. The maximum absolute atomic E-state index is 12.8. The van der Waals surface area contributed by atoms with Crippen LogP contribution in [0.3, 0.4) is 0 Å². The summed E-state index contributed by atoms with van der Waals surface area (Å²) in [6.07, 6.45) is 53.7. The molecule has 3 atom stereocenters. The third-order valence-electron chi connectivity index (χ3n) is 11.3. The summed E-state index contributed by atoms with van der Waals surface area (Å²) in [6, 6.07) is -0.905. The summed E-state index contributed by atoms with van der Waals surface area (Å²) in [4.78, 5) is 25.3. The predicted octanol–water partition coefficient (Wildman–Crippen LogP) is 14.0. The molecule has 60 heavy (non-hydrogen) atoms. The molecule has 0 saturated carbocycles. The van der Waals surface area contributed by atoms with Crippen molar-refractivity contribution in [2.75, 3.05) is 40.9 Å². The first-order chi connectivity index (χ1) is 29.0. The minimum atomic E-state index is -4.60. The van der Waals surface area contributed by atoms with E-state index in [1.54, 1.807) is 6.08 Å². The average molecular weight is 867 g/mol. The number of phosphoric ester groups is 1. The largest absolute Gasteiger partial charge is 0.756 e. The van der Waals surface area contributed by atoms with Crippen LogP contribution in [0.4, 0.5) is 0 Å². The van der Waals surface area contributed by atoms with Gasteiger partial charge in [0, 0.05) is 6.42 Å². The van der Waals surface area contributed by atoms with Gasteiger partial charge < -0.3 is 28.8 Å². The van der Waals surface area contributed by atoms with Gasteiger partial charge in [-0.25, -0.2) is 0 Å². The van der Waals surface area contributed by atoms with Gasteiger partial charge in [-0.1, -0.05) is 211 Å². The maximum atomic E-state index is 12.8. The summed E-state index contributed by atoms with van der Waals surface area (Å²) in [5, 5.41) is 13.8. The number of nitrogens with one attached hydrogen (secondary N) is 1. The van der Waals surface area contributed by atoms with Gasteiger partial charge in [0.05, 0.1) is 39.9 Å². The Balaban J connectivity index is 4.22. The van der Waals surface area contributed by atoms with Gasteiger partial charge in [-0.3, -0.25) is 9.36 Å². The molecule has 0 aliphatic rings. The molecule has 0 bridgehead atoms. The molecule has 0 saturated heterocycles. The molecule has 0 radical (unpaired) electrons. The third kappa shape index (κ3) is 44.8. The lowest BCUT2D eigenvalue weighted by molar-refractivity contribution is -0.870. The minimum Gasteiger partial charge on any atom is -0.756 e. The van der Waals surface area contributed by atoms with Crippen LogP contribution in [0.15, 0.2) is 36.5 Å². The number of aliphatic hydroxyl groups is 1. The molecule has 0 fully saturated rings. The van der Waals surface area contributed by atoms with E-state index in [1.807, 2.05) is 27.2 Å². The maximum Gasteiger partial charge on any atom is 0.268 e. The molecular weight excluding hydrogens is 768 g/mol. The van der Waals surface area contributed by atoms with Crippen molar-refractivity contribution >= 4 is 13.7 Å². The second-order valence-corrected chi connectivity index (χ2v) is 19.9. The topological polar surface area (TPSA) is 108 Å². The molecule has 0 heterocycles. The Hall–Kier alpha value is -1.28. The zero-order valence-electron chi connectivity index (χ0n) is 40.2. The number of amides is 1. The molecule has 8 nitrogen and oxygen atoms in total. The number of phosphoric acid groups is 1. The summed E-state index contributed by atoms with van der Waals surface area (Å²) in [7, 11) is 1.24. The fourth-order valence-electron chi connectivity index (χ4n) is 7.27. The monoisotopic (exact) mass is 867 g/mol. The van der Waals surface area contributed by atoms with Crippen LogP contribution in [0.2, 0.25) is 0 Å². The molecule has 0 rings (SSSR count). The van der Waals surface area contributed by atoms with Crippen molar-refractivity contribution in [2.45, 2.75) is 244 Å². The minimum absolute atomic E-state index is 0.00790. The highest BCUT2D eigenvalue weighted by molar-refractivity contribution is 7.45. The lowest BCUT2D eigenvalue weighted by Crippen LogP contribution is -2.45. The van der Waals surface area contributed by atoms with E-state index in [2.05, 4.69) is 43.5 Å². The zero-order chi connectivity index (χ0) is 44.3. The van der Waals surface area contributed by atoms with Gasteiger partial charge in [-0.2, -0.15) is 0 Å². The molecule has 9 heteroatoms. The predicted molar refractivity (Wildman–Crippen MR) is 256 cm³/mol. The Labute approximate surface area is 372 Å². The van der Waals surface area contributed by atoms with Crippen molar-refractivity contribution in [1.29, 1.82) is 0 Å². The number of carbonyl (C=O) groups is 1. The van der Waals surface area contributed by atoms with Crippen LogP contribution < -0.4 is 10.2 Å². The Bertz CT molecular complexity index is 1070. The molecule has 0 aliphatic heterocycles. The lowest BCUT2D eigenvalue weighted by Gasteiger charge is -2.29. The van der Waals surface area contributed by atoms with E-state index in [1.165, 1.54) is 148 Å². The van der Waals surface area contributed by atoms with Crippen molar-refractivity contribution in [2.24, 2.45) is 0 Å². The number of quaternary nitrogens is 1. The highest BCUT2D eigenvalue weighted by Gasteiger charge is 2.23. The standard InChI is InChI=1S/C51H99N2O6P/c1-6-8-10-12-14-16-18-19-20-21-22-23-24-25-26-27-28-29-30-31-32-33-35-36-38-40-42-44-50(54)49(48-59-60(56,57)58-47-46-53(3,4)5)52-51(55)45-43-41-39-37-34-17-15-13-11-9-7-2/h13,15,35-36,42,44,49-50,54H,6-12,14,16-34,37-41,43,45-48H2,1-5H3,(H-,52,55,56,57)/b15-13-,36-35+,44-42+. The summed E-state index contributed by atoms with van der Waals surface area (Å²) >= 11 is 0. The van der Waals surface area contributed by atoms with E-state index in [9.17, 15) is 19.4 Å². The first-order valence-corrected chi connectivity index (χ1v) is 26.8. The van der Waals surface area contributed by atoms with E-state index >= 15 is 0 Å². The van der Waals surface area contributed by atoms with E-state index in [0.29, 0.717) is 17.4 Å². The van der Waals surface area contributed by atoms with Crippen LogP contribution in [0.25, 0.3) is 0 Å². The quantitative estimate of drug-likeness (QED) is 0.0273. The van der Waals surface area contributed by atoms with Crippen molar-refractivity contribution in [3.8, 4) is 0 Å². The van der Waals surface area contributed by atoms with Gasteiger partial charge in [0.25, 0.3) is 7.82 Å². The Morgan fingerprint density at radius 3 is 1.40 bits per heavy atom. The fourth-order valence-corrected chi connectivity index (χ4v) is 7.99. The van der Waals surface area contributed by atoms with Gasteiger partial charge >= 0.3 is 0 Å². The lowest BCUT2D eigenvalue weighted by atomic mass is 10.0. The number of carbonyl (C=O) groups excluding carboxylic acids is 1. The molecule has 0 aromatic carbocycles. The van der Waals surface area contributed by atoms with Crippen molar-refractivity contribution < 1.29 is 32.9 Å². The second-order valence-electron chi connectivity index (χ2n) is 18.5. The first-order valence-electron chi connectivity index (χ1n) is 25.4. The van der Waals surface area contributed by atoms with Gasteiger partial charge in [0.15, 0.2) is 0 Å². The number of hydrogen-bond donors (Lipinski definition) is 2. The second kappa shape index (κ2) is 43.0. The molecule has 1 amide bonds. The van der Waals surface area contributed by atoms with Gasteiger partial charge in [0.1, 0.15) is 13.2 Å². The molecule has 2 N–H and O–H groups in total. The van der Waals surface area contributed by atoms with E-state index in [0.717, 1.165) is 64.2 Å². The third-order valence-corrected chi connectivity index (χ3v) is 12.3. The van der Waals surface area contributed by atoms with Crippen LogP contribution in [0, 0.1) is 0 Å². The Morgan fingerprint density at radius 1 is 0.567 bits per heavy atom. The molecule has 0 aromatic heterocycles. The van der Waals surface area contributed by atoms with Crippen LogP contribution >= 0.6 is 7.82 Å². The molecule has 0 aromatic rings. The zero-order valence-corrected chi connectivity index (χ0v) is 41.1. The van der Waals surface area contributed by atoms with Crippen molar-refractivity contribution in [3.63, 3.8) is 0 Å². The molecule has 0 spiro atoms. The smallest absolute Gasteiger partial charge is 0.268 e. The van der Waals surface area contributed by atoms with Gasteiger partial charge in [-0.15, -0.1) is 0 Å². The highest BCUT2D eigenvalue weighted by atomic mass is 31.2. The Morgan fingerprint density at radius 2 is 0.950 bits per heavy atom. The average Bonchev–Trinajstić information content (AvgIpc) is 3.20. The van der Waals surface area contributed by atoms with Crippen molar-refractivity contribution in [1.82, 2.24) is 5.32 Å². The Kier molecular flexibility index (Phi) is 42.1. The van der Waals surface area contributed by atoms with Crippen LogP contribution in [0.5, 0.6) is 0 Å². The molecule has 3 unspecified atom stereocenters. The van der Waals surface area contributed by atoms with E-state index < -0.39 is 26.6 Å². The van der Waals surface area contributed by atoms with Crippen molar-refractivity contribution in [3.05, 3.63) is 36.5 Å². The molecular formula is C51H99N2O6P.